The highest BCUT2D eigenvalue weighted by atomic mass is 16.4. The number of rotatable bonds is 6. The summed E-state index contributed by atoms with van der Waals surface area (Å²) in [6.45, 7) is 6.87. The zero-order chi connectivity index (χ0) is 15.5. The average Bonchev–Trinajstić information content (AvgIpc) is 2.84. The van der Waals surface area contributed by atoms with Crippen LogP contribution in [-0.4, -0.2) is 27.1 Å². The Hall–Kier alpha value is -1.88. The number of carboxylic acid groups (broad SMARTS) is 1. The Labute approximate surface area is 124 Å². The van der Waals surface area contributed by atoms with Gasteiger partial charge >= 0.3 is 5.97 Å². The second-order valence-electron chi connectivity index (χ2n) is 6.63. The fourth-order valence-corrected chi connectivity index (χ4v) is 2.21. The van der Waals surface area contributed by atoms with Crippen molar-refractivity contribution in [3.8, 4) is 0 Å². The molecule has 0 aliphatic carbocycles. The molecule has 0 aromatic carbocycles. The number of aromatic nitrogens is 2. The number of hydrogen-bond donors (Lipinski definition) is 3. The number of fused-ring (bicyclic) bond motifs is 1. The maximum absolute atomic E-state index is 11.3. The van der Waals surface area contributed by atoms with Gasteiger partial charge in [-0.05, 0) is 36.0 Å². The second-order valence-corrected chi connectivity index (χ2v) is 6.63. The summed E-state index contributed by atoms with van der Waals surface area (Å²) < 4.78 is 0. The van der Waals surface area contributed by atoms with E-state index in [-0.39, 0.29) is 5.41 Å². The Bertz CT molecular complexity index is 613. The number of hydrogen-bond acceptors (Lipinski definition) is 3. The predicted octanol–water partition coefficient (Wildman–Crippen LogP) is 2.93. The van der Waals surface area contributed by atoms with Gasteiger partial charge < -0.3 is 15.4 Å². The number of aromatic amines is 1. The summed E-state index contributed by atoms with van der Waals surface area (Å²) in [5.74, 6) is -0.796. The van der Waals surface area contributed by atoms with E-state index < -0.39 is 12.0 Å². The van der Waals surface area contributed by atoms with Gasteiger partial charge in [-0.25, -0.2) is 4.98 Å². The molecule has 0 spiro atoms. The third-order valence-corrected chi connectivity index (χ3v) is 3.49. The van der Waals surface area contributed by atoms with Crippen molar-refractivity contribution in [3.05, 3.63) is 30.1 Å². The van der Waals surface area contributed by atoms with Crippen LogP contribution in [0.5, 0.6) is 0 Å². The van der Waals surface area contributed by atoms with Crippen LogP contribution >= 0.6 is 0 Å². The molecule has 0 fully saturated rings. The normalized spacial score (nSPS) is 13.5. The van der Waals surface area contributed by atoms with E-state index in [1.165, 1.54) is 0 Å². The fraction of sp³-hybridized carbons (Fsp3) is 0.500. The molecule has 0 bridgehead atoms. The molecule has 2 heterocycles. The van der Waals surface area contributed by atoms with Crippen LogP contribution in [0.25, 0.3) is 11.0 Å². The monoisotopic (exact) mass is 289 g/mol. The number of nitrogens with one attached hydrogen (secondary N) is 2. The molecule has 5 nitrogen and oxygen atoms in total. The molecule has 21 heavy (non-hydrogen) atoms. The van der Waals surface area contributed by atoms with Gasteiger partial charge in [-0.3, -0.25) is 4.79 Å². The van der Waals surface area contributed by atoms with Crippen LogP contribution in [-0.2, 0) is 11.3 Å². The lowest BCUT2D eigenvalue weighted by molar-refractivity contribution is -0.139. The van der Waals surface area contributed by atoms with Crippen LogP contribution in [0.1, 0.15) is 39.2 Å². The summed E-state index contributed by atoms with van der Waals surface area (Å²) in [6, 6.07) is 3.46. The molecule has 1 atom stereocenters. The molecule has 5 heteroatoms. The molecule has 2 rings (SSSR count). The number of aliphatic carboxylic acids is 1. The van der Waals surface area contributed by atoms with E-state index >= 15 is 0 Å². The molecule has 3 N–H and O–H groups in total. The molecule has 114 valence electrons. The van der Waals surface area contributed by atoms with Gasteiger partial charge in [-0.2, -0.15) is 0 Å². The Morgan fingerprint density at radius 3 is 2.90 bits per heavy atom. The van der Waals surface area contributed by atoms with Crippen molar-refractivity contribution in [2.75, 3.05) is 0 Å². The van der Waals surface area contributed by atoms with E-state index in [4.69, 9.17) is 0 Å². The van der Waals surface area contributed by atoms with Crippen molar-refractivity contribution >= 4 is 17.0 Å². The van der Waals surface area contributed by atoms with Crippen LogP contribution in [0, 0.1) is 5.41 Å². The van der Waals surface area contributed by atoms with Crippen molar-refractivity contribution in [3.63, 3.8) is 0 Å². The number of pyridine rings is 1. The average molecular weight is 289 g/mol. The van der Waals surface area contributed by atoms with Gasteiger partial charge in [0.15, 0.2) is 0 Å². The molecule has 2 aromatic heterocycles. The van der Waals surface area contributed by atoms with E-state index in [1.54, 1.807) is 6.20 Å². The van der Waals surface area contributed by atoms with Gasteiger partial charge in [0.1, 0.15) is 11.7 Å². The van der Waals surface area contributed by atoms with E-state index in [9.17, 15) is 9.90 Å². The summed E-state index contributed by atoms with van der Waals surface area (Å²) >= 11 is 0. The van der Waals surface area contributed by atoms with E-state index in [0.29, 0.717) is 13.0 Å². The highest BCUT2D eigenvalue weighted by Gasteiger charge is 2.20. The van der Waals surface area contributed by atoms with Crippen molar-refractivity contribution in [2.24, 2.45) is 5.41 Å². The minimum Gasteiger partial charge on any atom is -0.480 e. The van der Waals surface area contributed by atoms with Crippen molar-refractivity contribution < 1.29 is 9.90 Å². The number of carboxylic acids is 1. The standard InChI is InChI=1S/C16H23N3O2/c1-16(2,3)6-4-13(15(20)21)18-9-11-8-12-5-7-17-14(12)19-10-11/h5,7-8,10,13,18H,4,6,9H2,1-3H3,(H,17,19)(H,20,21)/t13-/m0/s1. The topological polar surface area (TPSA) is 78.0 Å². The summed E-state index contributed by atoms with van der Waals surface area (Å²) in [5, 5.41) is 13.5. The van der Waals surface area contributed by atoms with E-state index in [0.717, 1.165) is 23.0 Å². The SMILES string of the molecule is CC(C)(C)CC[C@H](NCc1cnc2[nH]ccc2c1)C(=O)O. The minimum atomic E-state index is -0.796. The molecular weight excluding hydrogens is 266 g/mol. The quantitative estimate of drug-likeness (QED) is 0.764. The molecule has 0 aliphatic heterocycles. The van der Waals surface area contributed by atoms with Crippen LogP contribution < -0.4 is 5.32 Å². The maximum Gasteiger partial charge on any atom is 0.320 e. The largest absolute Gasteiger partial charge is 0.480 e. The van der Waals surface area contributed by atoms with Gasteiger partial charge in [0.25, 0.3) is 0 Å². The van der Waals surface area contributed by atoms with Gasteiger partial charge in [0.2, 0.25) is 0 Å². The van der Waals surface area contributed by atoms with Gasteiger partial charge in [0, 0.05) is 24.3 Å². The third kappa shape index (κ3) is 4.56. The first-order valence-electron chi connectivity index (χ1n) is 7.23. The van der Waals surface area contributed by atoms with Crippen molar-refractivity contribution in [1.29, 1.82) is 0 Å². The van der Waals surface area contributed by atoms with E-state index in [2.05, 4.69) is 36.1 Å². The van der Waals surface area contributed by atoms with E-state index in [1.807, 2.05) is 18.3 Å². The van der Waals surface area contributed by atoms with Gasteiger partial charge in [-0.1, -0.05) is 20.8 Å². The second kappa shape index (κ2) is 6.26. The first-order valence-corrected chi connectivity index (χ1v) is 7.23. The molecular formula is C16H23N3O2. The van der Waals surface area contributed by atoms with Crippen molar-refractivity contribution in [1.82, 2.24) is 15.3 Å². The minimum absolute atomic E-state index is 0.140. The predicted molar refractivity (Wildman–Crippen MR) is 83.0 cm³/mol. The Balaban J connectivity index is 1.95. The Kier molecular flexibility index (Phi) is 4.63. The zero-order valence-electron chi connectivity index (χ0n) is 12.8. The third-order valence-electron chi connectivity index (χ3n) is 3.49. The lowest BCUT2D eigenvalue weighted by Gasteiger charge is -2.21. The maximum atomic E-state index is 11.3. The lowest BCUT2D eigenvalue weighted by atomic mass is 9.88. The first kappa shape index (κ1) is 15.5. The summed E-state index contributed by atoms with van der Waals surface area (Å²) in [6.07, 6.45) is 5.11. The summed E-state index contributed by atoms with van der Waals surface area (Å²) in [4.78, 5) is 18.7. The molecule has 0 unspecified atom stereocenters. The molecule has 0 saturated carbocycles. The number of carbonyl (C=O) groups is 1. The molecule has 2 aromatic rings. The highest BCUT2D eigenvalue weighted by molar-refractivity contribution is 5.76. The molecule has 0 radical (unpaired) electrons. The first-order chi connectivity index (χ1) is 9.85. The highest BCUT2D eigenvalue weighted by Crippen LogP contribution is 2.22. The molecule has 0 aliphatic rings. The van der Waals surface area contributed by atoms with Crippen molar-refractivity contribution in [2.45, 2.75) is 46.2 Å². The Morgan fingerprint density at radius 2 is 2.24 bits per heavy atom. The van der Waals surface area contributed by atoms with Crippen LogP contribution in [0.2, 0.25) is 0 Å². The fourth-order valence-electron chi connectivity index (χ4n) is 2.21. The summed E-state index contributed by atoms with van der Waals surface area (Å²) in [5.41, 5.74) is 1.98. The van der Waals surface area contributed by atoms with Gasteiger partial charge in [0.05, 0.1) is 0 Å². The Morgan fingerprint density at radius 1 is 1.48 bits per heavy atom. The molecule has 0 saturated heterocycles. The molecule has 0 amide bonds. The zero-order valence-corrected chi connectivity index (χ0v) is 12.8. The smallest absolute Gasteiger partial charge is 0.320 e. The number of H-pyrrole nitrogens is 1. The number of nitrogens with zero attached hydrogens (tertiary/aromatic N) is 1. The van der Waals surface area contributed by atoms with Gasteiger partial charge in [-0.15, -0.1) is 0 Å². The lowest BCUT2D eigenvalue weighted by Crippen LogP contribution is -2.37. The summed E-state index contributed by atoms with van der Waals surface area (Å²) in [7, 11) is 0. The van der Waals surface area contributed by atoms with Crippen LogP contribution in [0.4, 0.5) is 0 Å². The van der Waals surface area contributed by atoms with Crippen LogP contribution in [0.15, 0.2) is 24.5 Å². The van der Waals surface area contributed by atoms with Crippen LogP contribution in [0.3, 0.4) is 0 Å².